The summed E-state index contributed by atoms with van der Waals surface area (Å²) in [7, 11) is 0. The van der Waals surface area contributed by atoms with E-state index in [2.05, 4.69) is 12.2 Å². The van der Waals surface area contributed by atoms with Crippen LogP contribution in [0.4, 0.5) is 0 Å². The Labute approximate surface area is 72.1 Å². The van der Waals surface area contributed by atoms with Crippen LogP contribution in [0.2, 0.25) is 0 Å². The van der Waals surface area contributed by atoms with Crippen molar-refractivity contribution in [1.29, 1.82) is 0 Å². The fraction of sp³-hybridized carbons (Fsp3) is 1.00. The van der Waals surface area contributed by atoms with Crippen LogP contribution in [0.25, 0.3) is 0 Å². The van der Waals surface area contributed by atoms with Crippen LogP contribution in [0.5, 0.6) is 0 Å². The molecular weight excluding hydrogens is 158 g/mol. The number of rotatable bonds is 0. The number of thioether (sulfide) groups is 1. The zero-order valence-electron chi connectivity index (χ0n) is 6.93. The first-order valence-corrected chi connectivity index (χ1v) is 5.26. The average molecular weight is 173 g/mol. The first-order valence-electron chi connectivity index (χ1n) is 4.27. The summed E-state index contributed by atoms with van der Waals surface area (Å²) in [5, 5.41) is 3.58. The van der Waals surface area contributed by atoms with Crippen molar-refractivity contribution in [3.05, 3.63) is 0 Å². The minimum atomic E-state index is 0.298. The fourth-order valence-corrected chi connectivity index (χ4v) is 2.87. The molecule has 0 saturated carbocycles. The second-order valence-corrected chi connectivity index (χ2v) is 5.00. The SMILES string of the molecule is CC1CNC2(CCOC2)SC1. The van der Waals surface area contributed by atoms with Crippen molar-refractivity contribution in [3.63, 3.8) is 0 Å². The number of hydrogen-bond donors (Lipinski definition) is 1. The van der Waals surface area contributed by atoms with Gasteiger partial charge in [0.15, 0.2) is 0 Å². The molecule has 2 unspecified atom stereocenters. The number of hydrogen-bond acceptors (Lipinski definition) is 3. The van der Waals surface area contributed by atoms with Gasteiger partial charge in [-0.05, 0) is 18.2 Å². The van der Waals surface area contributed by atoms with Crippen molar-refractivity contribution < 1.29 is 4.74 Å². The lowest BCUT2D eigenvalue weighted by atomic mass is 10.1. The van der Waals surface area contributed by atoms with Gasteiger partial charge in [-0.15, -0.1) is 11.8 Å². The zero-order valence-corrected chi connectivity index (χ0v) is 7.75. The molecule has 0 aliphatic carbocycles. The Balaban J connectivity index is 1.94. The van der Waals surface area contributed by atoms with Gasteiger partial charge in [-0.3, -0.25) is 0 Å². The maximum Gasteiger partial charge on any atom is 0.0903 e. The summed E-state index contributed by atoms with van der Waals surface area (Å²) in [5.74, 6) is 2.11. The van der Waals surface area contributed by atoms with Crippen LogP contribution in [-0.2, 0) is 4.74 Å². The van der Waals surface area contributed by atoms with Crippen LogP contribution < -0.4 is 5.32 Å². The van der Waals surface area contributed by atoms with Gasteiger partial charge in [0.05, 0.1) is 11.5 Å². The third-order valence-corrected chi connectivity index (χ3v) is 4.16. The molecule has 2 heterocycles. The summed E-state index contributed by atoms with van der Waals surface area (Å²) in [5.41, 5.74) is 0. The van der Waals surface area contributed by atoms with Crippen LogP contribution in [0.15, 0.2) is 0 Å². The first kappa shape index (κ1) is 7.90. The van der Waals surface area contributed by atoms with Crippen molar-refractivity contribution in [2.24, 2.45) is 5.92 Å². The average Bonchev–Trinajstić information content (AvgIpc) is 2.45. The number of nitrogens with one attached hydrogen (secondary N) is 1. The van der Waals surface area contributed by atoms with E-state index >= 15 is 0 Å². The molecule has 0 aromatic carbocycles. The first-order chi connectivity index (χ1) is 5.31. The van der Waals surface area contributed by atoms with E-state index in [1.807, 2.05) is 11.8 Å². The van der Waals surface area contributed by atoms with Gasteiger partial charge in [-0.1, -0.05) is 6.92 Å². The Hall–Kier alpha value is 0.270. The highest BCUT2D eigenvalue weighted by Crippen LogP contribution is 2.35. The van der Waals surface area contributed by atoms with E-state index in [4.69, 9.17) is 4.74 Å². The quantitative estimate of drug-likeness (QED) is 0.592. The highest BCUT2D eigenvalue weighted by molar-refractivity contribution is 8.00. The molecule has 3 heteroatoms. The Kier molecular flexibility index (Phi) is 2.12. The Bertz CT molecular complexity index is 135. The molecular formula is C8H15NOS. The van der Waals surface area contributed by atoms with E-state index in [0.29, 0.717) is 4.87 Å². The molecule has 0 aromatic rings. The molecule has 0 amide bonds. The fourth-order valence-electron chi connectivity index (χ4n) is 1.57. The van der Waals surface area contributed by atoms with Crippen LogP contribution >= 0.6 is 11.8 Å². The monoisotopic (exact) mass is 173 g/mol. The lowest BCUT2D eigenvalue weighted by Crippen LogP contribution is -2.49. The van der Waals surface area contributed by atoms with Gasteiger partial charge in [0.1, 0.15) is 0 Å². The molecule has 2 nitrogen and oxygen atoms in total. The second-order valence-electron chi connectivity index (χ2n) is 3.59. The molecule has 2 fully saturated rings. The Morgan fingerprint density at radius 1 is 1.64 bits per heavy atom. The standard InChI is InChI=1S/C8H15NOS/c1-7-4-9-8(11-5-7)2-3-10-6-8/h7,9H,2-6H2,1H3. The summed E-state index contributed by atoms with van der Waals surface area (Å²) in [4.78, 5) is 0.298. The molecule has 0 bridgehead atoms. The predicted octanol–water partition coefficient (Wildman–Crippen LogP) is 1.08. The van der Waals surface area contributed by atoms with E-state index in [-0.39, 0.29) is 0 Å². The minimum Gasteiger partial charge on any atom is -0.379 e. The zero-order chi connectivity index (χ0) is 7.73. The molecule has 0 aromatic heterocycles. The molecule has 0 radical (unpaired) electrons. The van der Waals surface area contributed by atoms with E-state index < -0.39 is 0 Å². The third kappa shape index (κ3) is 1.55. The molecule has 1 N–H and O–H groups in total. The maximum atomic E-state index is 5.39. The van der Waals surface area contributed by atoms with Crippen LogP contribution in [0, 0.1) is 5.92 Å². The van der Waals surface area contributed by atoms with Gasteiger partial charge in [0.2, 0.25) is 0 Å². The van der Waals surface area contributed by atoms with E-state index in [1.165, 1.54) is 12.2 Å². The summed E-state index contributed by atoms with van der Waals surface area (Å²) in [6.45, 7) is 5.30. The van der Waals surface area contributed by atoms with Crippen molar-refractivity contribution in [1.82, 2.24) is 5.32 Å². The molecule has 2 rings (SSSR count). The van der Waals surface area contributed by atoms with Gasteiger partial charge in [0, 0.05) is 13.0 Å². The van der Waals surface area contributed by atoms with Gasteiger partial charge in [-0.25, -0.2) is 0 Å². The summed E-state index contributed by atoms with van der Waals surface area (Å²) in [6, 6.07) is 0. The molecule has 2 atom stereocenters. The maximum absolute atomic E-state index is 5.39. The van der Waals surface area contributed by atoms with Crippen molar-refractivity contribution in [2.45, 2.75) is 18.2 Å². The largest absolute Gasteiger partial charge is 0.379 e. The van der Waals surface area contributed by atoms with Crippen LogP contribution in [0.3, 0.4) is 0 Å². The van der Waals surface area contributed by atoms with Crippen LogP contribution in [0.1, 0.15) is 13.3 Å². The highest BCUT2D eigenvalue weighted by Gasteiger charge is 2.37. The summed E-state index contributed by atoms with van der Waals surface area (Å²) in [6.07, 6.45) is 1.18. The van der Waals surface area contributed by atoms with Crippen molar-refractivity contribution in [2.75, 3.05) is 25.5 Å². The topological polar surface area (TPSA) is 21.3 Å². The van der Waals surface area contributed by atoms with Gasteiger partial charge in [-0.2, -0.15) is 0 Å². The molecule has 11 heavy (non-hydrogen) atoms. The van der Waals surface area contributed by atoms with Gasteiger partial charge >= 0.3 is 0 Å². The Morgan fingerprint density at radius 3 is 3.09 bits per heavy atom. The van der Waals surface area contributed by atoms with Crippen molar-refractivity contribution >= 4 is 11.8 Å². The van der Waals surface area contributed by atoms with Gasteiger partial charge in [0.25, 0.3) is 0 Å². The second kappa shape index (κ2) is 2.96. The smallest absolute Gasteiger partial charge is 0.0903 e. The van der Waals surface area contributed by atoms with Crippen molar-refractivity contribution in [3.8, 4) is 0 Å². The Morgan fingerprint density at radius 2 is 2.55 bits per heavy atom. The van der Waals surface area contributed by atoms with Gasteiger partial charge < -0.3 is 10.1 Å². The molecule has 2 saturated heterocycles. The molecule has 2 aliphatic rings. The lowest BCUT2D eigenvalue weighted by Gasteiger charge is -2.35. The summed E-state index contributed by atoms with van der Waals surface area (Å²) >= 11 is 2.05. The number of ether oxygens (including phenoxy) is 1. The summed E-state index contributed by atoms with van der Waals surface area (Å²) < 4.78 is 5.39. The molecule has 1 spiro atoms. The van der Waals surface area contributed by atoms with E-state index in [9.17, 15) is 0 Å². The minimum absolute atomic E-state index is 0.298. The normalized spacial score (nSPS) is 45.0. The van der Waals surface area contributed by atoms with Crippen LogP contribution in [-0.4, -0.2) is 30.4 Å². The predicted molar refractivity (Wildman–Crippen MR) is 47.8 cm³/mol. The molecule has 2 aliphatic heterocycles. The van der Waals surface area contributed by atoms with E-state index in [1.54, 1.807) is 0 Å². The highest BCUT2D eigenvalue weighted by atomic mass is 32.2. The lowest BCUT2D eigenvalue weighted by molar-refractivity contribution is 0.184. The third-order valence-electron chi connectivity index (χ3n) is 2.40. The molecule has 64 valence electrons. The van der Waals surface area contributed by atoms with E-state index in [0.717, 1.165) is 25.7 Å².